The van der Waals surface area contributed by atoms with Gasteiger partial charge in [0.25, 0.3) is 16.4 Å². The van der Waals surface area contributed by atoms with Crippen LogP contribution in [-0.2, 0) is 10.0 Å². The minimum atomic E-state index is -3.87. The molecule has 1 N–H and O–H groups in total. The molecule has 1 aromatic heterocycles. The van der Waals surface area contributed by atoms with E-state index in [1.807, 2.05) is 0 Å². The van der Waals surface area contributed by atoms with Crippen LogP contribution in [0.15, 0.2) is 23.2 Å². The summed E-state index contributed by atoms with van der Waals surface area (Å²) < 4.78 is 50.7. The van der Waals surface area contributed by atoms with Gasteiger partial charge in [-0.2, -0.15) is 0 Å². The summed E-state index contributed by atoms with van der Waals surface area (Å²) in [5.74, 6) is 0. The molecule has 4 nitrogen and oxygen atoms in total. The fourth-order valence-electron chi connectivity index (χ4n) is 1.16. The standard InChI is InChI=1S/C10H14F2N2O2S/c1-10(2,3)14-17(15,16)8-6-4-5-7(13-8)9(11)12/h4-6,9,14H,1-3H3. The van der Waals surface area contributed by atoms with E-state index in [1.165, 1.54) is 12.1 Å². The number of nitrogens with zero attached hydrogens (tertiary/aromatic N) is 1. The van der Waals surface area contributed by atoms with Gasteiger partial charge in [0.1, 0.15) is 5.69 Å². The molecule has 0 aromatic carbocycles. The third-order valence-corrected chi connectivity index (χ3v) is 3.34. The summed E-state index contributed by atoms with van der Waals surface area (Å²) in [5, 5.41) is -0.398. The van der Waals surface area contributed by atoms with Gasteiger partial charge in [-0.15, -0.1) is 0 Å². The zero-order valence-electron chi connectivity index (χ0n) is 9.74. The van der Waals surface area contributed by atoms with Gasteiger partial charge < -0.3 is 0 Å². The van der Waals surface area contributed by atoms with Crippen LogP contribution in [0.2, 0.25) is 0 Å². The van der Waals surface area contributed by atoms with Crippen molar-refractivity contribution in [3.63, 3.8) is 0 Å². The molecule has 0 aliphatic rings. The van der Waals surface area contributed by atoms with Crippen molar-refractivity contribution in [3.8, 4) is 0 Å². The molecule has 7 heteroatoms. The van der Waals surface area contributed by atoms with Gasteiger partial charge in [0.15, 0.2) is 5.03 Å². The molecule has 0 saturated heterocycles. The number of hydrogen-bond donors (Lipinski definition) is 1. The van der Waals surface area contributed by atoms with E-state index in [0.29, 0.717) is 0 Å². The molecule has 0 unspecified atom stereocenters. The van der Waals surface area contributed by atoms with Crippen LogP contribution >= 0.6 is 0 Å². The van der Waals surface area contributed by atoms with E-state index in [0.717, 1.165) is 6.07 Å². The van der Waals surface area contributed by atoms with Crippen LogP contribution in [0.4, 0.5) is 8.78 Å². The van der Waals surface area contributed by atoms with Crippen molar-refractivity contribution in [2.24, 2.45) is 0 Å². The second-order valence-corrected chi connectivity index (χ2v) is 6.19. The van der Waals surface area contributed by atoms with Crippen molar-refractivity contribution in [3.05, 3.63) is 23.9 Å². The molecule has 1 aromatic rings. The third-order valence-electron chi connectivity index (χ3n) is 1.68. The quantitative estimate of drug-likeness (QED) is 0.909. The Bertz CT molecular complexity index is 495. The first-order valence-electron chi connectivity index (χ1n) is 4.91. The van der Waals surface area contributed by atoms with E-state index < -0.39 is 32.7 Å². The van der Waals surface area contributed by atoms with Crippen LogP contribution in [0.5, 0.6) is 0 Å². The summed E-state index contributed by atoms with van der Waals surface area (Å²) in [7, 11) is -3.87. The van der Waals surface area contributed by atoms with Gasteiger partial charge in [-0.25, -0.2) is 26.9 Å². The first-order valence-corrected chi connectivity index (χ1v) is 6.39. The highest BCUT2D eigenvalue weighted by Gasteiger charge is 2.24. The van der Waals surface area contributed by atoms with Gasteiger partial charge in [0, 0.05) is 5.54 Å². The molecular formula is C10H14F2N2O2S. The number of alkyl halides is 2. The highest BCUT2D eigenvalue weighted by Crippen LogP contribution is 2.18. The minimum absolute atomic E-state index is 0.398. The Morgan fingerprint density at radius 2 is 1.88 bits per heavy atom. The van der Waals surface area contributed by atoms with Gasteiger partial charge in [-0.3, -0.25) is 0 Å². The Kier molecular flexibility index (Phi) is 3.83. The average Bonchev–Trinajstić information content (AvgIpc) is 2.14. The predicted octanol–water partition coefficient (Wildman–Crippen LogP) is 2.10. The minimum Gasteiger partial charge on any atom is -0.234 e. The highest BCUT2D eigenvalue weighted by molar-refractivity contribution is 7.89. The Labute approximate surface area is 99.1 Å². The topological polar surface area (TPSA) is 59.1 Å². The molecule has 0 saturated carbocycles. The second kappa shape index (κ2) is 4.66. The highest BCUT2D eigenvalue weighted by atomic mass is 32.2. The summed E-state index contributed by atoms with van der Waals surface area (Å²) in [4.78, 5) is 3.43. The molecule has 0 atom stereocenters. The van der Waals surface area contributed by atoms with Crippen LogP contribution in [0.1, 0.15) is 32.9 Å². The molecule has 0 radical (unpaired) electrons. The third kappa shape index (κ3) is 4.01. The maximum absolute atomic E-state index is 12.4. The van der Waals surface area contributed by atoms with Crippen molar-refractivity contribution in [1.82, 2.24) is 9.71 Å². The molecule has 0 spiro atoms. The summed E-state index contributed by atoms with van der Waals surface area (Å²) in [6.45, 7) is 4.96. The summed E-state index contributed by atoms with van der Waals surface area (Å²) in [5.41, 5.74) is -1.25. The Balaban J connectivity index is 3.12. The van der Waals surface area contributed by atoms with Gasteiger partial charge in [-0.05, 0) is 32.9 Å². The number of aromatic nitrogens is 1. The molecule has 0 fully saturated rings. The maximum Gasteiger partial charge on any atom is 0.280 e. The fourth-order valence-corrected chi connectivity index (χ4v) is 2.55. The molecule has 1 rings (SSSR count). The Morgan fingerprint density at radius 1 is 1.29 bits per heavy atom. The fraction of sp³-hybridized carbons (Fsp3) is 0.500. The number of nitrogens with one attached hydrogen (secondary N) is 1. The van der Waals surface area contributed by atoms with E-state index in [4.69, 9.17) is 0 Å². The molecule has 0 bridgehead atoms. The summed E-state index contributed by atoms with van der Waals surface area (Å²) in [6, 6.07) is 3.51. The molecular weight excluding hydrogens is 250 g/mol. The normalized spacial score (nSPS) is 13.1. The maximum atomic E-state index is 12.4. The van der Waals surface area contributed by atoms with Crippen LogP contribution < -0.4 is 4.72 Å². The monoisotopic (exact) mass is 264 g/mol. The summed E-state index contributed by atoms with van der Waals surface area (Å²) in [6.07, 6.45) is -2.79. The molecule has 1 heterocycles. The molecule has 17 heavy (non-hydrogen) atoms. The van der Waals surface area contributed by atoms with E-state index in [9.17, 15) is 17.2 Å². The lowest BCUT2D eigenvalue weighted by Gasteiger charge is -2.20. The van der Waals surface area contributed by atoms with Gasteiger partial charge in [-0.1, -0.05) is 6.07 Å². The van der Waals surface area contributed by atoms with Crippen LogP contribution in [0, 0.1) is 0 Å². The first kappa shape index (κ1) is 14.0. The Morgan fingerprint density at radius 3 is 2.35 bits per heavy atom. The van der Waals surface area contributed by atoms with E-state index >= 15 is 0 Å². The number of hydrogen-bond acceptors (Lipinski definition) is 3. The Hall–Kier alpha value is -1.08. The second-order valence-electron chi connectivity index (χ2n) is 4.56. The first-order chi connectivity index (χ1) is 7.62. The lowest BCUT2D eigenvalue weighted by atomic mass is 10.1. The van der Waals surface area contributed by atoms with Crippen molar-refractivity contribution in [2.75, 3.05) is 0 Å². The lowest BCUT2D eigenvalue weighted by molar-refractivity contribution is 0.145. The van der Waals surface area contributed by atoms with E-state index in [-0.39, 0.29) is 0 Å². The zero-order chi connectivity index (χ0) is 13.3. The predicted molar refractivity (Wildman–Crippen MR) is 59.3 cm³/mol. The van der Waals surface area contributed by atoms with Crippen molar-refractivity contribution < 1.29 is 17.2 Å². The van der Waals surface area contributed by atoms with Gasteiger partial charge >= 0.3 is 0 Å². The van der Waals surface area contributed by atoms with Gasteiger partial charge in [0.2, 0.25) is 0 Å². The number of halogens is 2. The van der Waals surface area contributed by atoms with E-state index in [1.54, 1.807) is 20.8 Å². The largest absolute Gasteiger partial charge is 0.280 e. The van der Waals surface area contributed by atoms with Crippen molar-refractivity contribution in [2.45, 2.75) is 37.8 Å². The van der Waals surface area contributed by atoms with Gasteiger partial charge in [0.05, 0.1) is 0 Å². The average molecular weight is 264 g/mol. The number of rotatable bonds is 3. The molecule has 0 amide bonds. The molecule has 96 valence electrons. The van der Waals surface area contributed by atoms with Crippen LogP contribution in [-0.4, -0.2) is 18.9 Å². The number of pyridine rings is 1. The van der Waals surface area contributed by atoms with Crippen molar-refractivity contribution in [1.29, 1.82) is 0 Å². The summed E-state index contributed by atoms with van der Waals surface area (Å²) >= 11 is 0. The van der Waals surface area contributed by atoms with Crippen LogP contribution in [0.3, 0.4) is 0 Å². The van der Waals surface area contributed by atoms with Crippen LogP contribution in [0.25, 0.3) is 0 Å². The smallest absolute Gasteiger partial charge is 0.234 e. The SMILES string of the molecule is CC(C)(C)NS(=O)(=O)c1cccc(C(F)F)n1. The molecule has 0 aliphatic carbocycles. The zero-order valence-corrected chi connectivity index (χ0v) is 10.6. The number of sulfonamides is 1. The molecule has 0 aliphatic heterocycles. The lowest BCUT2D eigenvalue weighted by Crippen LogP contribution is -2.40. The van der Waals surface area contributed by atoms with Crippen molar-refractivity contribution >= 4 is 10.0 Å². The van der Waals surface area contributed by atoms with E-state index in [2.05, 4.69) is 9.71 Å².